The summed E-state index contributed by atoms with van der Waals surface area (Å²) in [5, 5.41) is 3.89. The summed E-state index contributed by atoms with van der Waals surface area (Å²) in [6, 6.07) is 3.81. The first-order valence-corrected chi connectivity index (χ1v) is 7.57. The summed E-state index contributed by atoms with van der Waals surface area (Å²) in [4.78, 5) is 14.2. The average Bonchev–Trinajstić information content (AvgIpc) is 3.16. The second-order valence-electron chi connectivity index (χ2n) is 5.15. The maximum absolute atomic E-state index is 13.9. The van der Waals surface area contributed by atoms with E-state index in [1.165, 1.54) is 0 Å². The molecule has 1 aliphatic rings. The summed E-state index contributed by atoms with van der Waals surface area (Å²) in [6.07, 6.45) is 1.82. The number of thiophene rings is 1. The molecule has 1 heterocycles. The van der Waals surface area contributed by atoms with Gasteiger partial charge in [-0.05, 0) is 41.3 Å². The third kappa shape index (κ3) is 2.90. The van der Waals surface area contributed by atoms with E-state index in [1.807, 2.05) is 16.8 Å². The molecule has 1 aromatic heterocycles. The van der Waals surface area contributed by atoms with E-state index in [0.717, 1.165) is 24.5 Å². The molecule has 3 nitrogen and oxygen atoms in total. The van der Waals surface area contributed by atoms with Crippen LogP contribution in [0.15, 0.2) is 29.0 Å². The minimum absolute atomic E-state index is 0.128. The van der Waals surface area contributed by atoms with Crippen molar-refractivity contribution in [1.29, 1.82) is 0 Å². The average molecular weight is 308 g/mol. The fraction of sp³-hybridized carbons (Fsp3) is 0.267. The number of rotatable bonds is 4. The molecule has 110 valence electrons. The van der Waals surface area contributed by atoms with Gasteiger partial charge >= 0.3 is 0 Å². The minimum atomic E-state index is -0.873. The molecule has 0 aliphatic heterocycles. The molecule has 6 heteroatoms. The third-order valence-electron chi connectivity index (χ3n) is 3.50. The van der Waals surface area contributed by atoms with E-state index in [1.54, 1.807) is 16.2 Å². The van der Waals surface area contributed by atoms with E-state index in [4.69, 9.17) is 5.73 Å². The molecule has 21 heavy (non-hydrogen) atoms. The zero-order valence-electron chi connectivity index (χ0n) is 11.2. The molecule has 1 aliphatic carbocycles. The maximum atomic E-state index is 13.9. The summed E-state index contributed by atoms with van der Waals surface area (Å²) in [7, 11) is 0. The number of anilines is 1. The fourth-order valence-electron chi connectivity index (χ4n) is 2.22. The van der Waals surface area contributed by atoms with Crippen molar-refractivity contribution in [3.05, 3.63) is 51.7 Å². The van der Waals surface area contributed by atoms with E-state index in [2.05, 4.69) is 0 Å². The molecule has 1 amide bonds. The Morgan fingerprint density at radius 3 is 2.71 bits per heavy atom. The van der Waals surface area contributed by atoms with Crippen LogP contribution in [0.3, 0.4) is 0 Å². The largest absolute Gasteiger partial charge is 0.396 e. The summed E-state index contributed by atoms with van der Waals surface area (Å²) in [5.41, 5.74) is 6.07. The zero-order chi connectivity index (χ0) is 15.0. The normalized spacial score (nSPS) is 14.2. The van der Waals surface area contributed by atoms with Crippen molar-refractivity contribution < 1.29 is 13.6 Å². The maximum Gasteiger partial charge on any atom is 0.257 e. The lowest BCUT2D eigenvalue weighted by atomic mass is 10.1. The molecular weight excluding hydrogens is 294 g/mol. The van der Waals surface area contributed by atoms with Crippen molar-refractivity contribution in [3.63, 3.8) is 0 Å². The Hall–Kier alpha value is -1.95. The van der Waals surface area contributed by atoms with E-state index < -0.39 is 17.5 Å². The van der Waals surface area contributed by atoms with Gasteiger partial charge in [-0.1, -0.05) is 0 Å². The Bertz CT molecular complexity index is 669. The van der Waals surface area contributed by atoms with Crippen molar-refractivity contribution >= 4 is 22.9 Å². The van der Waals surface area contributed by atoms with Crippen LogP contribution in [0.25, 0.3) is 0 Å². The van der Waals surface area contributed by atoms with Crippen LogP contribution >= 0.6 is 11.3 Å². The number of hydrogen-bond donors (Lipinski definition) is 1. The van der Waals surface area contributed by atoms with Gasteiger partial charge in [-0.2, -0.15) is 11.3 Å². The standard InChI is InChI=1S/C15H14F2N2OS/c16-12-6-13(17)14(18)5-11(12)15(20)19(10-1-2-10)7-9-3-4-21-8-9/h3-6,8,10H,1-2,7,18H2. The lowest BCUT2D eigenvalue weighted by Gasteiger charge is -2.22. The van der Waals surface area contributed by atoms with E-state index in [0.29, 0.717) is 12.6 Å². The van der Waals surface area contributed by atoms with Crippen LogP contribution in [0.2, 0.25) is 0 Å². The van der Waals surface area contributed by atoms with Crippen LogP contribution in [0.4, 0.5) is 14.5 Å². The molecule has 0 saturated heterocycles. The third-order valence-corrected chi connectivity index (χ3v) is 4.23. The number of halogens is 2. The number of benzene rings is 1. The molecule has 1 fully saturated rings. The number of carbonyl (C=O) groups is 1. The second-order valence-corrected chi connectivity index (χ2v) is 5.93. The van der Waals surface area contributed by atoms with Crippen molar-refractivity contribution in [1.82, 2.24) is 4.90 Å². The lowest BCUT2D eigenvalue weighted by Crippen LogP contribution is -2.33. The van der Waals surface area contributed by atoms with Gasteiger partial charge in [0.05, 0.1) is 11.3 Å². The summed E-state index contributed by atoms with van der Waals surface area (Å²) >= 11 is 1.55. The van der Waals surface area contributed by atoms with Crippen LogP contribution < -0.4 is 5.73 Å². The SMILES string of the molecule is Nc1cc(C(=O)N(Cc2ccsc2)C2CC2)c(F)cc1F. The fourth-order valence-corrected chi connectivity index (χ4v) is 2.88. The molecule has 0 unspecified atom stereocenters. The van der Waals surface area contributed by atoms with Gasteiger partial charge in [-0.3, -0.25) is 4.79 Å². The topological polar surface area (TPSA) is 46.3 Å². The van der Waals surface area contributed by atoms with Gasteiger partial charge in [-0.15, -0.1) is 0 Å². The molecule has 0 spiro atoms. The molecule has 3 rings (SSSR count). The van der Waals surface area contributed by atoms with Crippen molar-refractivity contribution in [2.45, 2.75) is 25.4 Å². The molecule has 2 N–H and O–H groups in total. The molecule has 1 saturated carbocycles. The molecule has 0 radical (unpaired) electrons. The highest BCUT2D eigenvalue weighted by molar-refractivity contribution is 7.07. The van der Waals surface area contributed by atoms with E-state index in [9.17, 15) is 13.6 Å². The molecule has 2 aromatic rings. The summed E-state index contributed by atoms with van der Waals surface area (Å²) < 4.78 is 27.1. The Kier molecular flexibility index (Phi) is 3.63. The van der Waals surface area contributed by atoms with Crippen molar-refractivity contribution in [2.24, 2.45) is 0 Å². The van der Waals surface area contributed by atoms with Gasteiger partial charge in [0.1, 0.15) is 11.6 Å². The number of hydrogen-bond acceptors (Lipinski definition) is 3. The van der Waals surface area contributed by atoms with Gasteiger partial charge in [0, 0.05) is 18.7 Å². The second kappa shape index (κ2) is 5.44. The first kappa shape index (κ1) is 14.0. The van der Waals surface area contributed by atoms with Gasteiger partial charge in [0.15, 0.2) is 0 Å². The first-order chi connectivity index (χ1) is 10.1. The predicted molar refractivity (Wildman–Crippen MR) is 78.0 cm³/mol. The predicted octanol–water partition coefficient (Wildman–Crippen LogP) is 3.41. The van der Waals surface area contributed by atoms with Gasteiger partial charge < -0.3 is 10.6 Å². The minimum Gasteiger partial charge on any atom is -0.396 e. The monoisotopic (exact) mass is 308 g/mol. The quantitative estimate of drug-likeness (QED) is 0.880. The van der Waals surface area contributed by atoms with Crippen LogP contribution in [0, 0.1) is 11.6 Å². The van der Waals surface area contributed by atoms with Crippen LogP contribution in [0.5, 0.6) is 0 Å². The molecular formula is C15H14F2N2OS. The van der Waals surface area contributed by atoms with Gasteiger partial charge in [0.25, 0.3) is 5.91 Å². The van der Waals surface area contributed by atoms with Crippen LogP contribution in [-0.2, 0) is 6.54 Å². The highest BCUT2D eigenvalue weighted by Crippen LogP contribution is 2.31. The van der Waals surface area contributed by atoms with Crippen LogP contribution in [0.1, 0.15) is 28.8 Å². The number of nitrogens with two attached hydrogens (primary N) is 1. The summed E-state index contributed by atoms with van der Waals surface area (Å²) in [6.45, 7) is 0.434. The Morgan fingerprint density at radius 1 is 1.33 bits per heavy atom. The first-order valence-electron chi connectivity index (χ1n) is 6.63. The van der Waals surface area contributed by atoms with Gasteiger partial charge in [-0.25, -0.2) is 8.78 Å². The van der Waals surface area contributed by atoms with E-state index >= 15 is 0 Å². The number of nitrogen functional groups attached to an aromatic ring is 1. The van der Waals surface area contributed by atoms with E-state index in [-0.39, 0.29) is 17.3 Å². The van der Waals surface area contributed by atoms with Gasteiger partial charge in [0.2, 0.25) is 0 Å². The Labute approximate surface area is 125 Å². The Morgan fingerprint density at radius 2 is 2.10 bits per heavy atom. The number of nitrogens with zero attached hydrogens (tertiary/aromatic N) is 1. The smallest absolute Gasteiger partial charge is 0.257 e. The molecule has 0 bridgehead atoms. The van der Waals surface area contributed by atoms with Crippen molar-refractivity contribution in [3.8, 4) is 0 Å². The number of amides is 1. The summed E-state index contributed by atoms with van der Waals surface area (Å²) in [5.74, 6) is -2.16. The number of carbonyl (C=O) groups excluding carboxylic acids is 1. The van der Waals surface area contributed by atoms with Crippen molar-refractivity contribution in [2.75, 3.05) is 5.73 Å². The Balaban J connectivity index is 1.89. The lowest BCUT2D eigenvalue weighted by molar-refractivity contribution is 0.0725. The zero-order valence-corrected chi connectivity index (χ0v) is 12.0. The highest BCUT2D eigenvalue weighted by Gasteiger charge is 2.34. The molecule has 0 atom stereocenters. The molecule has 1 aromatic carbocycles. The highest BCUT2D eigenvalue weighted by atomic mass is 32.1. The van der Waals surface area contributed by atoms with Crippen LogP contribution in [-0.4, -0.2) is 16.8 Å².